The van der Waals surface area contributed by atoms with Crippen LogP contribution < -0.4 is 10.1 Å². The second kappa shape index (κ2) is 6.01. The maximum atomic E-state index is 2.42. The molecule has 0 atom stereocenters. The maximum Gasteiger partial charge on any atom is 0.0803 e. The summed E-state index contributed by atoms with van der Waals surface area (Å²) in [6, 6.07) is 24.3. The Morgan fingerprint density at radius 2 is 1.36 bits per heavy atom. The fraction of sp³-hybridized carbons (Fsp3) is 0.182. The van der Waals surface area contributed by atoms with Gasteiger partial charge in [-0.1, -0.05) is 68.2 Å². The second-order valence-electron chi connectivity index (χ2n) is 7.58. The van der Waals surface area contributed by atoms with E-state index in [1.807, 2.05) is 11.3 Å². The van der Waals surface area contributed by atoms with Crippen LogP contribution >= 0.6 is 11.3 Å². The molecule has 0 amide bonds. The van der Waals surface area contributed by atoms with Crippen molar-refractivity contribution < 1.29 is 0 Å². The lowest BCUT2D eigenvalue weighted by Crippen LogP contribution is -2.40. The van der Waals surface area contributed by atoms with Crippen LogP contribution in [0.1, 0.15) is 0 Å². The number of hydrogen-bond acceptors (Lipinski definition) is 2. The van der Waals surface area contributed by atoms with E-state index in [0.717, 1.165) is 0 Å². The van der Waals surface area contributed by atoms with E-state index in [0.29, 0.717) is 0 Å². The normalized spacial score (nSPS) is 12.0. The molecule has 0 fully saturated rings. The van der Waals surface area contributed by atoms with Crippen LogP contribution in [0.2, 0.25) is 19.6 Å². The molecule has 1 heterocycles. The first-order valence-electron chi connectivity index (χ1n) is 8.70. The molecule has 3 aromatic carbocycles. The van der Waals surface area contributed by atoms with Crippen molar-refractivity contribution in [3.05, 3.63) is 66.7 Å². The van der Waals surface area contributed by atoms with E-state index >= 15 is 0 Å². The van der Waals surface area contributed by atoms with Gasteiger partial charge < -0.3 is 4.90 Å². The minimum Gasteiger partial charge on any atom is -0.344 e. The number of para-hydroxylation sites is 1. The van der Waals surface area contributed by atoms with Crippen molar-refractivity contribution in [1.29, 1.82) is 0 Å². The van der Waals surface area contributed by atoms with Crippen LogP contribution in [0.4, 0.5) is 11.4 Å². The van der Waals surface area contributed by atoms with Gasteiger partial charge in [0.25, 0.3) is 0 Å². The number of thiophene rings is 1. The van der Waals surface area contributed by atoms with Crippen LogP contribution in [0.3, 0.4) is 0 Å². The lowest BCUT2D eigenvalue weighted by atomic mass is 10.1. The van der Waals surface area contributed by atoms with Crippen molar-refractivity contribution in [3.8, 4) is 0 Å². The summed E-state index contributed by atoms with van der Waals surface area (Å²) in [6.07, 6.45) is 0. The Labute approximate surface area is 154 Å². The Bertz CT molecular complexity index is 1060. The molecule has 126 valence electrons. The summed E-state index contributed by atoms with van der Waals surface area (Å²) in [5, 5.41) is 4.22. The van der Waals surface area contributed by atoms with Crippen molar-refractivity contribution in [2.75, 3.05) is 11.9 Å². The Balaban J connectivity index is 1.94. The fourth-order valence-electron chi connectivity index (χ4n) is 3.53. The van der Waals surface area contributed by atoms with Gasteiger partial charge in [-0.05, 0) is 23.4 Å². The van der Waals surface area contributed by atoms with Gasteiger partial charge in [0, 0.05) is 28.2 Å². The number of benzene rings is 3. The third-order valence-corrected chi connectivity index (χ3v) is 8.07. The van der Waals surface area contributed by atoms with Crippen LogP contribution in [0.25, 0.3) is 20.2 Å². The van der Waals surface area contributed by atoms with Gasteiger partial charge in [-0.2, -0.15) is 0 Å². The Morgan fingerprint density at radius 3 is 2.16 bits per heavy atom. The molecule has 0 N–H and O–H groups in total. The van der Waals surface area contributed by atoms with Gasteiger partial charge in [0.1, 0.15) is 0 Å². The minimum absolute atomic E-state index is 1.30. The molecule has 4 rings (SSSR count). The van der Waals surface area contributed by atoms with Crippen LogP contribution in [-0.4, -0.2) is 15.1 Å². The Kier molecular flexibility index (Phi) is 3.93. The van der Waals surface area contributed by atoms with Crippen molar-refractivity contribution >= 4 is 56.1 Å². The largest absolute Gasteiger partial charge is 0.344 e. The van der Waals surface area contributed by atoms with Gasteiger partial charge in [0.05, 0.1) is 18.5 Å². The summed E-state index contributed by atoms with van der Waals surface area (Å²) >= 11 is 1.89. The van der Waals surface area contributed by atoms with Crippen LogP contribution in [-0.2, 0) is 0 Å². The lowest BCUT2D eigenvalue weighted by molar-refractivity contribution is 1.23. The van der Waals surface area contributed by atoms with Gasteiger partial charge in [-0.15, -0.1) is 11.3 Å². The van der Waals surface area contributed by atoms with E-state index in [2.05, 4.69) is 98.3 Å². The molecule has 0 spiro atoms. The summed E-state index contributed by atoms with van der Waals surface area (Å²) in [7, 11) is 0.795. The second-order valence-corrected chi connectivity index (χ2v) is 13.7. The molecule has 0 unspecified atom stereocenters. The van der Waals surface area contributed by atoms with Crippen LogP contribution in [0, 0.1) is 0 Å². The van der Waals surface area contributed by atoms with Gasteiger partial charge >= 0.3 is 0 Å². The first-order chi connectivity index (χ1) is 12.0. The molecule has 0 bridgehead atoms. The van der Waals surface area contributed by atoms with Crippen molar-refractivity contribution in [1.82, 2.24) is 0 Å². The monoisotopic (exact) mass is 361 g/mol. The summed E-state index contributed by atoms with van der Waals surface area (Å²) in [6.45, 7) is 7.25. The van der Waals surface area contributed by atoms with E-state index in [9.17, 15) is 0 Å². The zero-order valence-electron chi connectivity index (χ0n) is 15.2. The highest BCUT2D eigenvalue weighted by Crippen LogP contribution is 2.40. The lowest BCUT2D eigenvalue weighted by Gasteiger charge is -2.28. The molecule has 0 aliphatic heterocycles. The maximum absolute atomic E-state index is 2.42. The molecule has 0 saturated heterocycles. The molecule has 0 radical (unpaired) electrons. The molecule has 3 heteroatoms. The zero-order chi connectivity index (χ0) is 17.6. The molecule has 0 aliphatic rings. The van der Waals surface area contributed by atoms with E-state index < -0.39 is 8.07 Å². The van der Waals surface area contributed by atoms with Crippen molar-refractivity contribution in [2.45, 2.75) is 19.6 Å². The minimum atomic E-state index is -1.41. The van der Waals surface area contributed by atoms with Crippen LogP contribution in [0.15, 0.2) is 66.7 Å². The average Bonchev–Trinajstić information content (AvgIpc) is 2.99. The smallest absolute Gasteiger partial charge is 0.0803 e. The predicted molar refractivity (Wildman–Crippen MR) is 117 cm³/mol. The van der Waals surface area contributed by atoms with E-state index in [4.69, 9.17) is 0 Å². The van der Waals surface area contributed by atoms with Gasteiger partial charge in [-0.25, -0.2) is 0 Å². The summed E-state index contributed by atoms with van der Waals surface area (Å²) in [5.41, 5.74) is 2.64. The SMILES string of the molecule is CN(c1ccccc1[Si](C)(C)C)c1cccc2c1sc1ccccc12. The quantitative estimate of drug-likeness (QED) is 0.383. The van der Waals surface area contributed by atoms with E-state index in [-0.39, 0.29) is 0 Å². The molecule has 4 aromatic rings. The molecule has 0 aliphatic carbocycles. The number of rotatable bonds is 3. The number of nitrogens with zero attached hydrogens (tertiary/aromatic N) is 1. The first kappa shape index (κ1) is 16.4. The van der Waals surface area contributed by atoms with Gasteiger partial charge in [0.15, 0.2) is 0 Å². The average molecular weight is 362 g/mol. The molecular weight excluding hydrogens is 338 g/mol. The van der Waals surface area contributed by atoms with Crippen molar-refractivity contribution in [2.24, 2.45) is 0 Å². The summed E-state index contributed by atoms with van der Waals surface area (Å²) < 4.78 is 2.73. The zero-order valence-corrected chi connectivity index (χ0v) is 17.0. The topological polar surface area (TPSA) is 3.24 Å². The van der Waals surface area contributed by atoms with Crippen LogP contribution in [0.5, 0.6) is 0 Å². The molecule has 0 saturated carbocycles. The highest BCUT2D eigenvalue weighted by Gasteiger charge is 2.23. The highest BCUT2D eigenvalue weighted by molar-refractivity contribution is 7.26. The molecule has 1 aromatic heterocycles. The van der Waals surface area contributed by atoms with Gasteiger partial charge in [0.2, 0.25) is 0 Å². The predicted octanol–water partition coefficient (Wildman–Crippen LogP) is 6.37. The summed E-state index contributed by atoms with van der Waals surface area (Å²) in [5.74, 6) is 0. The third-order valence-electron chi connectivity index (χ3n) is 4.82. The van der Waals surface area contributed by atoms with E-state index in [1.165, 1.54) is 36.7 Å². The standard InChI is InChI=1S/C22H23NSSi/c1-23(18-12-6-8-15-21(18)25(2,3)4)19-13-9-11-17-16-10-5-7-14-20(16)24-22(17)19/h5-15H,1-4H3. The first-order valence-corrected chi connectivity index (χ1v) is 13.0. The molecular formula is C22H23NSSi. The third kappa shape index (κ3) is 2.77. The van der Waals surface area contributed by atoms with Crippen molar-refractivity contribution in [3.63, 3.8) is 0 Å². The highest BCUT2D eigenvalue weighted by atomic mass is 32.1. The molecule has 1 nitrogen and oxygen atoms in total. The Hall–Kier alpha value is -2.10. The number of fused-ring (bicyclic) bond motifs is 3. The summed E-state index contributed by atoms with van der Waals surface area (Å²) in [4.78, 5) is 2.38. The van der Waals surface area contributed by atoms with Gasteiger partial charge in [-0.3, -0.25) is 0 Å². The number of anilines is 2. The fourth-order valence-corrected chi connectivity index (χ4v) is 6.39. The number of hydrogen-bond donors (Lipinski definition) is 0. The van der Waals surface area contributed by atoms with E-state index in [1.54, 1.807) is 0 Å². The Morgan fingerprint density at radius 1 is 0.720 bits per heavy atom. The molecule has 25 heavy (non-hydrogen) atoms.